The lowest BCUT2D eigenvalue weighted by Gasteiger charge is -1.94. The highest BCUT2D eigenvalue weighted by atomic mass is 19.1. The maximum absolute atomic E-state index is 12.3. The standard InChI is InChI=1S/C7H4F2NO/c8-5-1-4(7(10)11)2-6(9)3-5/h1-3,10H. The van der Waals surface area contributed by atoms with Gasteiger partial charge < -0.3 is 0 Å². The Labute approximate surface area is 61.6 Å². The number of amides is 1. The van der Waals surface area contributed by atoms with E-state index in [9.17, 15) is 13.6 Å². The second kappa shape index (κ2) is 2.65. The van der Waals surface area contributed by atoms with Gasteiger partial charge in [-0.25, -0.2) is 8.78 Å². The van der Waals surface area contributed by atoms with E-state index in [0.717, 1.165) is 12.1 Å². The van der Waals surface area contributed by atoms with Crippen LogP contribution in [0.2, 0.25) is 0 Å². The first-order valence-electron chi connectivity index (χ1n) is 2.81. The Morgan fingerprint density at radius 3 is 2.00 bits per heavy atom. The maximum atomic E-state index is 12.3. The number of benzene rings is 1. The summed E-state index contributed by atoms with van der Waals surface area (Å²) in [6, 6.07) is 2.28. The molecule has 1 radical (unpaired) electrons. The van der Waals surface area contributed by atoms with E-state index in [1.807, 2.05) is 0 Å². The van der Waals surface area contributed by atoms with Gasteiger partial charge in [-0.3, -0.25) is 10.5 Å². The van der Waals surface area contributed by atoms with Crippen LogP contribution < -0.4 is 5.73 Å². The van der Waals surface area contributed by atoms with Gasteiger partial charge in [-0.05, 0) is 12.1 Å². The Kier molecular flexibility index (Phi) is 1.85. The van der Waals surface area contributed by atoms with Crippen LogP contribution in [0, 0.1) is 11.6 Å². The van der Waals surface area contributed by atoms with E-state index in [0.29, 0.717) is 6.07 Å². The molecule has 0 aliphatic carbocycles. The molecule has 0 aliphatic rings. The first kappa shape index (κ1) is 7.65. The molecule has 0 aromatic heterocycles. The molecule has 0 aliphatic heterocycles. The molecule has 0 unspecified atom stereocenters. The van der Waals surface area contributed by atoms with Gasteiger partial charge in [0, 0.05) is 11.6 Å². The van der Waals surface area contributed by atoms with Gasteiger partial charge in [0.15, 0.2) is 0 Å². The first-order valence-corrected chi connectivity index (χ1v) is 2.81. The topological polar surface area (TPSA) is 40.9 Å². The summed E-state index contributed by atoms with van der Waals surface area (Å²) in [7, 11) is 0. The molecule has 0 spiro atoms. The minimum absolute atomic E-state index is 0.275. The fourth-order valence-electron chi connectivity index (χ4n) is 0.685. The highest BCUT2D eigenvalue weighted by molar-refractivity contribution is 5.92. The van der Waals surface area contributed by atoms with Crippen LogP contribution in [0.15, 0.2) is 18.2 Å². The Hall–Kier alpha value is -1.45. The summed E-state index contributed by atoms with van der Waals surface area (Å²) in [5, 5.41) is 0. The Morgan fingerprint density at radius 2 is 1.64 bits per heavy atom. The van der Waals surface area contributed by atoms with Gasteiger partial charge in [-0.2, -0.15) is 0 Å². The van der Waals surface area contributed by atoms with Gasteiger partial charge in [0.1, 0.15) is 11.6 Å². The fourth-order valence-corrected chi connectivity index (χ4v) is 0.685. The minimum atomic E-state index is -1.09. The molecule has 2 nitrogen and oxygen atoms in total. The van der Waals surface area contributed by atoms with Gasteiger partial charge in [0.05, 0.1) is 0 Å². The zero-order valence-corrected chi connectivity index (χ0v) is 5.40. The predicted molar refractivity (Wildman–Crippen MR) is 33.8 cm³/mol. The zero-order chi connectivity index (χ0) is 8.43. The lowest BCUT2D eigenvalue weighted by Crippen LogP contribution is -1.99. The molecule has 0 bridgehead atoms. The van der Waals surface area contributed by atoms with E-state index in [4.69, 9.17) is 5.73 Å². The van der Waals surface area contributed by atoms with Crippen LogP contribution >= 0.6 is 0 Å². The second-order valence-electron chi connectivity index (χ2n) is 1.99. The maximum Gasteiger partial charge on any atom is 0.269 e. The molecule has 1 amide bonds. The van der Waals surface area contributed by atoms with E-state index in [1.54, 1.807) is 0 Å². The Morgan fingerprint density at radius 1 is 1.18 bits per heavy atom. The number of rotatable bonds is 1. The van der Waals surface area contributed by atoms with Crippen molar-refractivity contribution in [2.45, 2.75) is 0 Å². The van der Waals surface area contributed by atoms with Gasteiger partial charge in [-0.15, -0.1) is 0 Å². The molecule has 1 N–H and O–H groups in total. The molecular formula is C7H4F2NO. The van der Waals surface area contributed by atoms with E-state index in [-0.39, 0.29) is 5.56 Å². The smallest absolute Gasteiger partial charge is 0.267 e. The van der Waals surface area contributed by atoms with Gasteiger partial charge >= 0.3 is 0 Å². The summed E-state index contributed by atoms with van der Waals surface area (Å²) < 4.78 is 24.6. The number of halogens is 2. The molecule has 11 heavy (non-hydrogen) atoms. The quantitative estimate of drug-likeness (QED) is 0.605. The van der Waals surface area contributed by atoms with Crippen molar-refractivity contribution in [2.75, 3.05) is 0 Å². The zero-order valence-electron chi connectivity index (χ0n) is 5.40. The summed E-state index contributed by atoms with van der Waals surface area (Å²) in [6.45, 7) is 0. The van der Waals surface area contributed by atoms with Crippen molar-refractivity contribution >= 4 is 5.91 Å². The number of carbonyl (C=O) groups is 1. The van der Waals surface area contributed by atoms with Crippen LogP contribution in [-0.2, 0) is 0 Å². The minimum Gasteiger partial charge on any atom is -0.267 e. The van der Waals surface area contributed by atoms with Gasteiger partial charge in [-0.1, -0.05) is 0 Å². The largest absolute Gasteiger partial charge is 0.269 e. The third-order valence-electron chi connectivity index (χ3n) is 1.12. The number of nitrogens with one attached hydrogen (secondary N) is 1. The summed E-state index contributed by atoms with van der Waals surface area (Å²) >= 11 is 0. The van der Waals surface area contributed by atoms with E-state index in [1.165, 1.54) is 0 Å². The predicted octanol–water partition coefficient (Wildman–Crippen LogP) is 1.39. The molecule has 57 valence electrons. The van der Waals surface area contributed by atoms with Crippen LogP contribution in [0.3, 0.4) is 0 Å². The molecule has 1 aromatic rings. The molecule has 0 atom stereocenters. The summed E-state index contributed by atoms with van der Waals surface area (Å²) in [4.78, 5) is 10.3. The molecular weight excluding hydrogens is 152 g/mol. The SMILES string of the molecule is [NH]C(=O)c1cc(F)cc(F)c1. The van der Waals surface area contributed by atoms with Gasteiger partial charge in [0.25, 0.3) is 5.91 Å². The van der Waals surface area contributed by atoms with E-state index >= 15 is 0 Å². The summed E-state index contributed by atoms with van der Waals surface area (Å²) in [6.07, 6.45) is 0. The lowest BCUT2D eigenvalue weighted by molar-refractivity contribution is 0.0991. The van der Waals surface area contributed by atoms with Crippen molar-refractivity contribution in [3.05, 3.63) is 35.4 Å². The second-order valence-corrected chi connectivity index (χ2v) is 1.99. The molecule has 0 saturated heterocycles. The van der Waals surface area contributed by atoms with Crippen LogP contribution in [0.25, 0.3) is 0 Å². The van der Waals surface area contributed by atoms with Crippen LogP contribution in [-0.4, -0.2) is 5.91 Å². The molecule has 0 heterocycles. The highest BCUT2D eigenvalue weighted by Crippen LogP contribution is 2.06. The van der Waals surface area contributed by atoms with Crippen LogP contribution in [0.5, 0.6) is 0 Å². The van der Waals surface area contributed by atoms with Crippen molar-refractivity contribution in [3.63, 3.8) is 0 Å². The third-order valence-corrected chi connectivity index (χ3v) is 1.12. The molecule has 4 heteroatoms. The average Bonchev–Trinajstić information content (AvgIpc) is 1.85. The van der Waals surface area contributed by atoms with Crippen molar-refractivity contribution in [1.82, 2.24) is 5.73 Å². The van der Waals surface area contributed by atoms with Crippen molar-refractivity contribution in [1.29, 1.82) is 0 Å². The monoisotopic (exact) mass is 156 g/mol. The number of hydrogen-bond acceptors (Lipinski definition) is 1. The van der Waals surface area contributed by atoms with Crippen molar-refractivity contribution in [3.8, 4) is 0 Å². The normalized spacial score (nSPS) is 9.64. The molecule has 0 fully saturated rings. The number of carbonyl (C=O) groups excluding carboxylic acids is 1. The van der Waals surface area contributed by atoms with Crippen molar-refractivity contribution < 1.29 is 13.6 Å². The van der Waals surface area contributed by atoms with Crippen molar-refractivity contribution in [2.24, 2.45) is 0 Å². The Balaban J connectivity index is 3.19. The molecule has 1 aromatic carbocycles. The molecule has 0 saturated carbocycles. The fraction of sp³-hybridized carbons (Fsp3) is 0. The molecule has 1 rings (SSSR count). The van der Waals surface area contributed by atoms with Crippen LogP contribution in [0.1, 0.15) is 10.4 Å². The first-order chi connectivity index (χ1) is 5.09. The van der Waals surface area contributed by atoms with E-state index in [2.05, 4.69) is 0 Å². The van der Waals surface area contributed by atoms with Crippen LogP contribution in [0.4, 0.5) is 8.78 Å². The average molecular weight is 156 g/mol. The van der Waals surface area contributed by atoms with E-state index < -0.39 is 17.5 Å². The van der Waals surface area contributed by atoms with Gasteiger partial charge in [0.2, 0.25) is 0 Å². The summed E-state index contributed by atoms with van der Waals surface area (Å²) in [5.74, 6) is -2.79. The Bertz CT molecular complexity index is 278. The third kappa shape index (κ3) is 1.73. The summed E-state index contributed by atoms with van der Waals surface area (Å²) in [5.41, 5.74) is 6.26. The highest BCUT2D eigenvalue weighted by Gasteiger charge is 2.04. The lowest BCUT2D eigenvalue weighted by atomic mass is 10.2. The number of hydrogen-bond donors (Lipinski definition) is 0.